The molecule has 0 aliphatic rings. The van der Waals surface area contributed by atoms with Crippen molar-refractivity contribution in [2.75, 3.05) is 25.0 Å². The smallest absolute Gasteiger partial charge is 0.337 e. The lowest BCUT2D eigenvalue weighted by molar-refractivity contribution is 0.0698. The van der Waals surface area contributed by atoms with Crippen molar-refractivity contribution in [3.05, 3.63) is 29.8 Å². The minimum Gasteiger partial charge on any atom is -0.478 e. The van der Waals surface area contributed by atoms with E-state index in [9.17, 15) is 9.59 Å². The van der Waals surface area contributed by atoms with Crippen LogP contribution in [0, 0.1) is 0 Å². The molecule has 1 aromatic rings. The highest BCUT2D eigenvalue weighted by atomic mass is 16.4. The first-order valence-corrected chi connectivity index (χ1v) is 6.09. The SMILES string of the molecule is CCCN(CCO)C(=O)Nc1ccccc1C(=O)O. The highest BCUT2D eigenvalue weighted by Crippen LogP contribution is 2.15. The molecule has 0 aromatic heterocycles. The second-order valence-electron chi connectivity index (χ2n) is 3.99. The lowest BCUT2D eigenvalue weighted by atomic mass is 10.2. The lowest BCUT2D eigenvalue weighted by Gasteiger charge is -2.22. The summed E-state index contributed by atoms with van der Waals surface area (Å²) in [6.07, 6.45) is 0.758. The number of amides is 2. The Hall–Kier alpha value is -2.08. The van der Waals surface area contributed by atoms with Gasteiger partial charge in [0.1, 0.15) is 0 Å². The number of hydrogen-bond acceptors (Lipinski definition) is 3. The maximum Gasteiger partial charge on any atom is 0.337 e. The number of carboxylic acid groups (broad SMARTS) is 1. The van der Waals surface area contributed by atoms with Gasteiger partial charge in [-0.15, -0.1) is 0 Å². The number of hydrogen-bond donors (Lipinski definition) is 3. The fourth-order valence-electron chi connectivity index (χ4n) is 1.68. The van der Waals surface area contributed by atoms with Crippen LogP contribution >= 0.6 is 0 Å². The molecule has 0 spiro atoms. The third kappa shape index (κ3) is 4.26. The summed E-state index contributed by atoms with van der Waals surface area (Å²) < 4.78 is 0. The molecule has 6 nitrogen and oxygen atoms in total. The molecule has 0 atom stereocenters. The van der Waals surface area contributed by atoms with Crippen LogP contribution in [0.2, 0.25) is 0 Å². The largest absolute Gasteiger partial charge is 0.478 e. The van der Waals surface area contributed by atoms with Gasteiger partial charge in [0, 0.05) is 13.1 Å². The number of para-hydroxylation sites is 1. The Kier molecular flexibility index (Phi) is 5.81. The number of rotatable bonds is 6. The van der Waals surface area contributed by atoms with Crippen molar-refractivity contribution in [3.8, 4) is 0 Å². The molecule has 0 saturated carbocycles. The van der Waals surface area contributed by atoms with Gasteiger partial charge in [-0.1, -0.05) is 19.1 Å². The number of nitrogens with zero attached hydrogens (tertiary/aromatic N) is 1. The van der Waals surface area contributed by atoms with Gasteiger partial charge in [0.05, 0.1) is 17.9 Å². The average Bonchev–Trinajstić information content (AvgIpc) is 2.38. The quantitative estimate of drug-likeness (QED) is 0.729. The number of benzene rings is 1. The third-order valence-electron chi connectivity index (χ3n) is 2.55. The Morgan fingerprint density at radius 3 is 2.53 bits per heavy atom. The van der Waals surface area contributed by atoms with Gasteiger partial charge < -0.3 is 20.4 Å². The van der Waals surface area contributed by atoms with Crippen molar-refractivity contribution in [1.29, 1.82) is 0 Å². The number of carbonyl (C=O) groups excluding carboxylic acids is 1. The van der Waals surface area contributed by atoms with Crippen molar-refractivity contribution in [2.24, 2.45) is 0 Å². The van der Waals surface area contributed by atoms with Crippen LogP contribution < -0.4 is 5.32 Å². The van der Waals surface area contributed by atoms with E-state index < -0.39 is 12.0 Å². The van der Waals surface area contributed by atoms with Gasteiger partial charge in [0.2, 0.25) is 0 Å². The summed E-state index contributed by atoms with van der Waals surface area (Å²) >= 11 is 0. The number of carboxylic acids is 1. The summed E-state index contributed by atoms with van der Waals surface area (Å²) in [6, 6.07) is 5.79. The normalized spacial score (nSPS) is 10.0. The van der Waals surface area contributed by atoms with E-state index in [1.807, 2.05) is 6.92 Å². The molecule has 1 aromatic carbocycles. The summed E-state index contributed by atoms with van der Waals surface area (Å²) in [5.74, 6) is -1.10. The van der Waals surface area contributed by atoms with E-state index in [0.29, 0.717) is 6.54 Å². The van der Waals surface area contributed by atoms with Crippen molar-refractivity contribution in [3.63, 3.8) is 0 Å². The van der Waals surface area contributed by atoms with Gasteiger partial charge in [-0.05, 0) is 18.6 Å². The number of aromatic carboxylic acids is 1. The van der Waals surface area contributed by atoms with E-state index in [1.165, 1.54) is 17.0 Å². The van der Waals surface area contributed by atoms with Crippen LogP contribution in [0.5, 0.6) is 0 Å². The van der Waals surface area contributed by atoms with Crippen LogP contribution in [-0.4, -0.2) is 46.8 Å². The van der Waals surface area contributed by atoms with Crippen molar-refractivity contribution in [1.82, 2.24) is 4.90 Å². The number of aliphatic hydroxyl groups is 1. The highest BCUT2D eigenvalue weighted by molar-refractivity contribution is 5.99. The highest BCUT2D eigenvalue weighted by Gasteiger charge is 2.15. The number of urea groups is 1. The van der Waals surface area contributed by atoms with Gasteiger partial charge in [-0.25, -0.2) is 9.59 Å². The zero-order valence-corrected chi connectivity index (χ0v) is 10.8. The van der Waals surface area contributed by atoms with Crippen LogP contribution in [0.4, 0.5) is 10.5 Å². The summed E-state index contributed by atoms with van der Waals surface area (Å²) in [4.78, 5) is 24.4. The standard InChI is InChI=1S/C13H18N2O4/c1-2-7-15(8-9-16)13(19)14-11-6-4-3-5-10(11)12(17)18/h3-6,16H,2,7-9H2,1H3,(H,14,19)(H,17,18). The van der Waals surface area contributed by atoms with E-state index in [1.54, 1.807) is 12.1 Å². The Morgan fingerprint density at radius 2 is 1.95 bits per heavy atom. The summed E-state index contributed by atoms with van der Waals surface area (Å²) in [5.41, 5.74) is 0.287. The van der Waals surface area contributed by atoms with Gasteiger partial charge >= 0.3 is 12.0 Å². The molecule has 0 bridgehead atoms. The molecule has 0 unspecified atom stereocenters. The molecule has 0 aliphatic heterocycles. The molecule has 3 N–H and O–H groups in total. The number of aliphatic hydroxyl groups excluding tert-OH is 1. The second kappa shape index (κ2) is 7.38. The van der Waals surface area contributed by atoms with Crippen LogP contribution in [-0.2, 0) is 0 Å². The molecule has 19 heavy (non-hydrogen) atoms. The Labute approximate surface area is 111 Å². The van der Waals surface area contributed by atoms with Crippen LogP contribution in [0.15, 0.2) is 24.3 Å². The molecule has 1 rings (SSSR count). The average molecular weight is 266 g/mol. The van der Waals surface area contributed by atoms with Crippen molar-refractivity contribution < 1.29 is 19.8 Å². The Morgan fingerprint density at radius 1 is 1.26 bits per heavy atom. The zero-order valence-electron chi connectivity index (χ0n) is 10.8. The maximum atomic E-state index is 12.0. The number of anilines is 1. The van der Waals surface area contributed by atoms with Crippen molar-refractivity contribution in [2.45, 2.75) is 13.3 Å². The fourth-order valence-corrected chi connectivity index (χ4v) is 1.68. The molecule has 104 valence electrons. The van der Waals surface area contributed by atoms with E-state index in [4.69, 9.17) is 10.2 Å². The van der Waals surface area contributed by atoms with Gasteiger partial charge in [-0.3, -0.25) is 0 Å². The lowest BCUT2D eigenvalue weighted by Crippen LogP contribution is -2.37. The Balaban J connectivity index is 2.83. The monoisotopic (exact) mass is 266 g/mol. The fraction of sp³-hybridized carbons (Fsp3) is 0.385. The van der Waals surface area contributed by atoms with Crippen LogP contribution in [0.25, 0.3) is 0 Å². The molecule has 2 amide bonds. The topological polar surface area (TPSA) is 89.9 Å². The van der Waals surface area contributed by atoms with E-state index >= 15 is 0 Å². The van der Waals surface area contributed by atoms with Crippen LogP contribution in [0.3, 0.4) is 0 Å². The minimum atomic E-state index is -1.10. The first-order valence-electron chi connectivity index (χ1n) is 6.09. The maximum absolute atomic E-state index is 12.0. The molecule has 0 radical (unpaired) electrons. The van der Waals surface area contributed by atoms with E-state index in [-0.39, 0.29) is 24.4 Å². The van der Waals surface area contributed by atoms with E-state index in [0.717, 1.165) is 6.42 Å². The molecule has 0 saturated heterocycles. The molecule has 6 heteroatoms. The summed E-state index contributed by atoms with van der Waals surface area (Å²) in [6.45, 7) is 2.51. The van der Waals surface area contributed by atoms with Gasteiger partial charge in [0.25, 0.3) is 0 Å². The van der Waals surface area contributed by atoms with Gasteiger partial charge in [-0.2, -0.15) is 0 Å². The zero-order chi connectivity index (χ0) is 14.3. The van der Waals surface area contributed by atoms with Crippen molar-refractivity contribution >= 4 is 17.7 Å². The predicted octanol–water partition coefficient (Wildman–Crippen LogP) is 1.62. The third-order valence-corrected chi connectivity index (χ3v) is 2.55. The molecular formula is C13H18N2O4. The molecule has 0 fully saturated rings. The summed E-state index contributed by atoms with van der Waals surface area (Å²) in [5, 5.41) is 20.5. The van der Waals surface area contributed by atoms with Crippen LogP contribution in [0.1, 0.15) is 23.7 Å². The minimum absolute atomic E-state index is 0.0382. The predicted molar refractivity (Wildman–Crippen MR) is 71.4 cm³/mol. The van der Waals surface area contributed by atoms with E-state index in [2.05, 4.69) is 5.32 Å². The number of carbonyl (C=O) groups is 2. The second-order valence-corrected chi connectivity index (χ2v) is 3.99. The first kappa shape index (κ1) is 15.0. The summed E-state index contributed by atoms with van der Waals surface area (Å²) in [7, 11) is 0. The molecule has 0 aliphatic carbocycles. The first-order chi connectivity index (χ1) is 9.10. The number of nitrogens with one attached hydrogen (secondary N) is 1. The van der Waals surface area contributed by atoms with Gasteiger partial charge in [0.15, 0.2) is 0 Å². The molecule has 0 heterocycles. The molecular weight excluding hydrogens is 248 g/mol. The Bertz CT molecular complexity index is 442.